The van der Waals surface area contributed by atoms with Gasteiger partial charge in [0.15, 0.2) is 0 Å². The van der Waals surface area contributed by atoms with E-state index in [0.29, 0.717) is 6.61 Å². The van der Waals surface area contributed by atoms with Crippen molar-refractivity contribution in [1.82, 2.24) is 0 Å². The molecule has 0 amide bonds. The van der Waals surface area contributed by atoms with Crippen LogP contribution in [0.4, 0.5) is 0 Å². The molecule has 0 aliphatic heterocycles. The van der Waals surface area contributed by atoms with Crippen molar-refractivity contribution < 1.29 is 4.74 Å². The van der Waals surface area contributed by atoms with E-state index in [4.69, 9.17) is 4.74 Å². The summed E-state index contributed by atoms with van der Waals surface area (Å²) in [7, 11) is 0. The molecule has 96 valence electrons. The summed E-state index contributed by atoms with van der Waals surface area (Å²) in [4.78, 5) is 0. The lowest BCUT2D eigenvalue weighted by molar-refractivity contribution is 0.294. The van der Waals surface area contributed by atoms with E-state index >= 15 is 0 Å². The standard InChI is InChI=1S/C16H21NO/c1-3-18-15-6-4-14(5-7-15)16(12-17)10-8-13(2)9-11-16/h4-7,13H,3,8-11H2,1-2H3. The Morgan fingerprint density at radius 1 is 1.28 bits per heavy atom. The van der Waals surface area contributed by atoms with E-state index in [1.165, 1.54) is 0 Å². The summed E-state index contributed by atoms with van der Waals surface area (Å²) >= 11 is 0. The predicted octanol–water partition coefficient (Wildman–Crippen LogP) is 4.06. The molecule has 1 aromatic carbocycles. The molecule has 1 saturated carbocycles. The van der Waals surface area contributed by atoms with Crippen LogP contribution in [0.15, 0.2) is 24.3 Å². The number of rotatable bonds is 3. The zero-order valence-electron chi connectivity index (χ0n) is 11.3. The number of nitrogens with zero attached hydrogens (tertiary/aromatic N) is 1. The molecular formula is C16H21NO. The van der Waals surface area contributed by atoms with Crippen LogP contribution in [0, 0.1) is 17.2 Å². The molecule has 1 aliphatic carbocycles. The van der Waals surface area contributed by atoms with Crippen molar-refractivity contribution in [2.75, 3.05) is 6.61 Å². The molecule has 0 spiro atoms. The molecule has 1 fully saturated rings. The van der Waals surface area contributed by atoms with Crippen molar-refractivity contribution in [3.8, 4) is 11.8 Å². The third-order valence-corrected chi connectivity index (χ3v) is 4.06. The van der Waals surface area contributed by atoms with Crippen molar-refractivity contribution in [2.45, 2.75) is 44.9 Å². The molecule has 0 bridgehead atoms. The van der Waals surface area contributed by atoms with Crippen LogP contribution in [0.5, 0.6) is 5.75 Å². The van der Waals surface area contributed by atoms with Crippen molar-refractivity contribution in [1.29, 1.82) is 5.26 Å². The molecule has 1 aromatic rings. The zero-order chi connectivity index (χ0) is 13.0. The highest BCUT2D eigenvalue weighted by Crippen LogP contribution is 2.41. The molecule has 0 N–H and O–H groups in total. The molecule has 2 nitrogen and oxygen atoms in total. The van der Waals surface area contributed by atoms with Crippen LogP contribution in [-0.4, -0.2) is 6.61 Å². The number of nitriles is 1. The fraction of sp³-hybridized carbons (Fsp3) is 0.562. The van der Waals surface area contributed by atoms with Gasteiger partial charge < -0.3 is 4.74 Å². The third kappa shape index (κ3) is 2.51. The first kappa shape index (κ1) is 13.0. The molecule has 0 unspecified atom stereocenters. The Bertz CT molecular complexity index is 421. The van der Waals surface area contributed by atoms with Gasteiger partial charge in [-0.1, -0.05) is 19.1 Å². The monoisotopic (exact) mass is 243 g/mol. The maximum atomic E-state index is 9.57. The summed E-state index contributed by atoms with van der Waals surface area (Å²) in [6.45, 7) is 4.94. The number of hydrogen-bond donors (Lipinski definition) is 0. The summed E-state index contributed by atoms with van der Waals surface area (Å²) in [6.07, 6.45) is 4.28. The van der Waals surface area contributed by atoms with Crippen LogP contribution in [-0.2, 0) is 5.41 Å². The molecule has 0 heterocycles. The van der Waals surface area contributed by atoms with Gasteiger partial charge in [-0.3, -0.25) is 0 Å². The van der Waals surface area contributed by atoms with Gasteiger partial charge in [-0.2, -0.15) is 5.26 Å². The van der Waals surface area contributed by atoms with E-state index in [1.54, 1.807) is 0 Å². The first-order valence-corrected chi connectivity index (χ1v) is 6.85. The SMILES string of the molecule is CCOc1ccc(C2(C#N)CCC(C)CC2)cc1. The fourth-order valence-corrected chi connectivity index (χ4v) is 2.76. The molecule has 0 aromatic heterocycles. The zero-order valence-corrected chi connectivity index (χ0v) is 11.3. The van der Waals surface area contributed by atoms with Gasteiger partial charge >= 0.3 is 0 Å². The van der Waals surface area contributed by atoms with Gasteiger partial charge in [-0.15, -0.1) is 0 Å². The van der Waals surface area contributed by atoms with Crippen molar-refractivity contribution >= 4 is 0 Å². The lowest BCUT2D eigenvalue weighted by Gasteiger charge is -2.34. The topological polar surface area (TPSA) is 33.0 Å². The van der Waals surface area contributed by atoms with Crippen molar-refractivity contribution in [2.24, 2.45) is 5.92 Å². The highest BCUT2D eigenvalue weighted by molar-refractivity contribution is 5.37. The van der Waals surface area contributed by atoms with E-state index in [1.807, 2.05) is 19.1 Å². The number of hydrogen-bond acceptors (Lipinski definition) is 2. The van der Waals surface area contributed by atoms with Crippen LogP contribution in [0.25, 0.3) is 0 Å². The fourth-order valence-electron chi connectivity index (χ4n) is 2.76. The van der Waals surface area contributed by atoms with Crippen LogP contribution in [0.2, 0.25) is 0 Å². The van der Waals surface area contributed by atoms with E-state index in [-0.39, 0.29) is 5.41 Å². The quantitative estimate of drug-likeness (QED) is 0.802. The maximum Gasteiger partial charge on any atom is 0.119 e. The van der Waals surface area contributed by atoms with Gasteiger partial charge in [0, 0.05) is 0 Å². The molecule has 2 heteroatoms. The Kier molecular flexibility index (Phi) is 3.91. The second kappa shape index (κ2) is 5.44. The summed E-state index contributed by atoms with van der Waals surface area (Å²) in [5.74, 6) is 1.65. The molecule has 0 radical (unpaired) electrons. The first-order valence-electron chi connectivity index (χ1n) is 6.85. The van der Waals surface area contributed by atoms with Gasteiger partial charge in [0.2, 0.25) is 0 Å². The molecule has 18 heavy (non-hydrogen) atoms. The number of ether oxygens (including phenoxy) is 1. The Morgan fingerprint density at radius 2 is 1.89 bits per heavy atom. The van der Waals surface area contributed by atoms with Crippen LogP contribution >= 0.6 is 0 Å². The van der Waals surface area contributed by atoms with Crippen molar-refractivity contribution in [3.05, 3.63) is 29.8 Å². The number of benzene rings is 1. The van der Waals surface area contributed by atoms with Gasteiger partial charge in [0.05, 0.1) is 18.1 Å². The minimum atomic E-state index is -0.267. The highest BCUT2D eigenvalue weighted by Gasteiger charge is 2.35. The highest BCUT2D eigenvalue weighted by atomic mass is 16.5. The van der Waals surface area contributed by atoms with Crippen molar-refractivity contribution in [3.63, 3.8) is 0 Å². The van der Waals surface area contributed by atoms with Crippen LogP contribution < -0.4 is 4.74 Å². The molecule has 2 rings (SSSR count). The summed E-state index contributed by atoms with van der Waals surface area (Å²) < 4.78 is 5.45. The Hall–Kier alpha value is -1.49. The summed E-state index contributed by atoms with van der Waals surface area (Å²) in [5.41, 5.74) is 0.886. The Balaban J connectivity index is 2.20. The largest absolute Gasteiger partial charge is 0.494 e. The van der Waals surface area contributed by atoms with Crippen LogP contribution in [0.1, 0.15) is 45.1 Å². The minimum Gasteiger partial charge on any atom is -0.494 e. The predicted molar refractivity (Wildman–Crippen MR) is 72.5 cm³/mol. The molecular weight excluding hydrogens is 222 g/mol. The second-order valence-electron chi connectivity index (χ2n) is 5.33. The van der Waals surface area contributed by atoms with E-state index in [0.717, 1.165) is 42.9 Å². The average molecular weight is 243 g/mol. The molecule has 1 aliphatic rings. The maximum absolute atomic E-state index is 9.57. The Labute approximate surface area is 110 Å². The molecule has 0 atom stereocenters. The van der Waals surface area contributed by atoms with Gasteiger partial charge in [0.1, 0.15) is 5.75 Å². The normalized spacial score (nSPS) is 27.5. The second-order valence-corrected chi connectivity index (χ2v) is 5.33. The minimum absolute atomic E-state index is 0.267. The lowest BCUT2D eigenvalue weighted by atomic mass is 9.68. The van der Waals surface area contributed by atoms with Crippen LogP contribution in [0.3, 0.4) is 0 Å². The first-order chi connectivity index (χ1) is 8.70. The summed E-state index contributed by atoms with van der Waals surface area (Å²) in [6, 6.07) is 10.6. The molecule has 0 saturated heterocycles. The van der Waals surface area contributed by atoms with E-state index in [2.05, 4.69) is 25.1 Å². The van der Waals surface area contributed by atoms with Gasteiger partial charge in [0.25, 0.3) is 0 Å². The summed E-state index contributed by atoms with van der Waals surface area (Å²) in [5, 5.41) is 9.57. The Morgan fingerprint density at radius 3 is 2.39 bits per heavy atom. The van der Waals surface area contributed by atoms with E-state index in [9.17, 15) is 5.26 Å². The van der Waals surface area contributed by atoms with Gasteiger partial charge in [-0.25, -0.2) is 0 Å². The average Bonchev–Trinajstić information content (AvgIpc) is 2.42. The lowest BCUT2D eigenvalue weighted by Crippen LogP contribution is -2.29. The van der Waals surface area contributed by atoms with E-state index < -0.39 is 0 Å². The third-order valence-electron chi connectivity index (χ3n) is 4.06. The smallest absolute Gasteiger partial charge is 0.119 e. The van der Waals surface area contributed by atoms with Gasteiger partial charge in [-0.05, 0) is 56.2 Å².